The second-order valence-electron chi connectivity index (χ2n) is 7.53. The van der Waals surface area contributed by atoms with E-state index in [1.54, 1.807) is 23.2 Å². The second kappa shape index (κ2) is 6.17. The lowest BCUT2D eigenvalue weighted by atomic mass is 9.79. The zero-order valence-electron chi connectivity index (χ0n) is 14.1. The maximum absolute atomic E-state index is 11.6. The number of aromatic nitrogens is 1. The summed E-state index contributed by atoms with van der Waals surface area (Å²) in [5, 5.41) is 6.71. The molecule has 0 spiro atoms. The average molecular weight is 334 g/mol. The van der Waals surface area contributed by atoms with Crippen molar-refractivity contribution in [1.82, 2.24) is 10.3 Å². The van der Waals surface area contributed by atoms with Crippen molar-refractivity contribution in [2.75, 3.05) is 11.4 Å². The summed E-state index contributed by atoms with van der Waals surface area (Å²) in [7, 11) is 0. The summed E-state index contributed by atoms with van der Waals surface area (Å²) >= 11 is 1.58. The number of carbonyl (C=O) groups is 1. The Morgan fingerprint density at radius 1 is 1.35 bits per heavy atom. The van der Waals surface area contributed by atoms with Crippen molar-refractivity contribution in [3.8, 4) is 0 Å². The molecule has 23 heavy (non-hydrogen) atoms. The van der Waals surface area contributed by atoms with Gasteiger partial charge in [0.25, 0.3) is 0 Å². The van der Waals surface area contributed by atoms with Crippen LogP contribution in [0, 0.1) is 23.7 Å². The highest BCUT2D eigenvalue weighted by Gasteiger charge is 2.53. The first-order valence-corrected chi connectivity index (χ1v) is 10.0. The molecule has 0 saturated heterocycles. The molecule has 0 aromatic carbocycles. The van der Waals surface area contributed by atoms with Gasteiger partial charge in [-0.15, -0.1) is 11.3 Å². The molecule has 3 aliphatic carbocycles. The quantitative estimate of drug-likeness (QED) is 0.898. The number of thiazole rings is 1. The number of hydrogen-bond donors (Lipinski definition) is 1. The molecule has 1 aromatic heterocycles. The molecule has 3 aliphatic rings. The molecule has 126 valence electrons. The number of nitrogens with zero attached hydrogens (tertiary/aromatic N) is 2. The van der Waals surface area contributed by atoms with Crippen LogP contribution in [-0.4, -0.2) is 23.5 Å². The highest BCUT2D eigenvalue weighted by molar-refractivity contribution is 7.14. The van der Waals surface area contributed by atoms with E-state index in [0.29, 0.717) is 12.6 Å². The van der Waals surface area contributed by atoms with Gasteiger partial charge in [0.05, 0.1) is 5.69 Å². The molecule has 2 bridgehead atoms. The van der Waals surface area contributed by atoms with Crippen molar-refractivity contribution >= 4 is 22.4 Å². The number of rotatable bonds is 5. The third kappa shape index (κ3) is 2.72. The highest BCUT2D eigenvalue weighted by Crippen LogP contribution is 2.58. The summed E-state index contributed by atoms with van der Waals surface area (Å²) in [6, 6.07) is 0.694. The fourth-order valence-corrected chi connectivity index (χ4v) is 6.46. The van der Waals surface area contributed by atoms with Gasteiger partial charge in [0.2, 0.25) is 5.91 Å². The van der Waals surface area contributed by atoms with Crippen molar-refractivity contribution in [2.24, 2.45) is 23.7 Å². The third-order valence-electron chi connectivity index (χ3n) is 6.44. The van der Waals surface area contributed by atoms with Crippen LogP contribution in [-0.2, 0) is 11.3 Å². The standard InChI is InChI=1S/C18H27N3OS/c1-3-21(11(2)22)18-20-13(10-23-18)9-19-17-8-12-7-16(17)15-6-4-5-14(12)15/h10,12,14-17,19H,3-9H2,1-2H3. The second-order valence-corrected chi connectivity index (χ2v) is 8.36. The maximum atomic E-state index is 11.6. The summed E-state index contributed by atoms with van der Waals surface area (Å²) in [4.78, 5) is 18.0. The van der Waals surface area contributed by atoms with Crippen molar-refractivity contribution in [1.29, 1.82) is 0 Å². The molecule has 4 rings (SSSR count). The van der Waals surface area contributed by atoms with Gasteiger partial charge >= 0.3 is 0 Å². The number of fused-ring (bicyclic) bond motifs is 5. The zero-order valence-corrected chi connectivity index (χ0v) is 14.9. The molecular formula is C18H27N3OS. The smallest absolute Gasteiger partial charge is 0.225 e. The summed E-state index contributed by atoms with van der Waals surface area (Å²) in [6.07, 6.45) is 7.25. The van der Waals surface area contributed by atoms with Gasteiger partial charge in [-0.2, -0.15) is 0 Å². The minimum Gasteiger partial charge on any atom is -0.308 e. The van der Waals surface area contributed by atoms with Crippen molar-refractivity contribution in [2.45, 2.75) is 58.5 Å². The van der Waals surface area contributed by atoms with Crippen molar-refractivity contribution in [3.05, 3.63) is 11.1 Å². The Morgan fingerprint density at radius 3 is 2.96 bits per heavy atom. The van der Waals surface area contributed by atoms with E-state index in [2.05, 4.69) is 15.7 Å². The molecule has 1 N–H and O–H groups in total. The molecule has 0 aliphatic heterocycles. The average Bonchev–Trinajstić information content (AvgIpc) is 3.27. The summed E-state index contributed by atoms with van der Waals surface area (Å²) in [6.45, 7) is 5.13. The van der Waals surface area contributed by atoms with E-state index in [4.69, 9.17) is 0 Å². The summed E-state index contributed by atoms with van der Waals surface area (Å²) in [5.74, 6) is 4.03. The molecular weight excluding hydrogens is 306 g/mol. The molecule has 5 unspecified atom stereocenters. The molecule has 5 atom stereocenters. The van der Waals surface area contributed by atoms with Crippen LogP contribution in [0.4, 0.5) is 5.13 Å². The first-order chi connectivity index (χ1) is 11.2. The van der Waals surface area contributed by atoms with Crippen LogP contribution in [0.25, 0.3) is 0 Å². The van der Waals surface area contributed by atoms with Gasteiger partial charge in [0.15, 0.2) is 5.13 Å². The fourth-order valence-electron chi connectivity index (χ4n) is 5.53. The van der Waals surface area contributed by atoms with Gasteiger partial charge in [-0.05, 0) is 56.3 Å². The highest BCUT2D eigenvalue weighted by atomic mass is 32.1. The Kier molecular flexibility index (Phi) is 4.18. The van der Waals surface area contributed by atoms with Crippen LogP contribution in [0.15, 0.2) is 5.38 Å². The number of anilines is 1. The molecule has 5 heteroatoms. The molecule has 1 amide bonds. The van der Waals surface area contributed by atoms with Crippen molar-refractivity contribution in [3.63, 3.8) is 0 Å². The Morgan fingerprint density at radius 2 is 2.17 bits per heavy atom. The number of amides is 1. The zero-order chi connectivity index (χ0) is 16.0. The lowest BCUT2D eigenvalue weighted by Gasteiger charge is -2.32. The number of hydrogen-bond acceptors (Lipinski definition) is 4. The fraction of sp³-hybridized carbons (Fsp3) is 0.778. The Labute approximate surface area is 142 Å². The lowest BCUT2D eigenvalue weighted by Crippen LogP contribution is -2.39. The van der Waals surface area contributed by atoms with Crippen LogP contribution < -0.4 is 10.2 Å². The largest absolute Gasteiger partial charge is 0.308 e. The van der Waals surface area contributed by atoms with E-state index in [1.807, 2.05) is 6.92 Å². The van der Waals surface area contributed by atoms with Crippen LogP contribution in [0.1, 0.15) is 51.6 Å². The topological polar surface area (TPSA) is 45.2 Å². The van der Waals surface area contributed by atoms with Gasteiger partial charge in [-0.25, -0.2) is 4.98 Å². The molecule has 3 fully saturated rings. The first kappa shape index (κ1) is 15.6. The minimum atomic E-state index is 0.0711. The van der Waals surface area contributed by atoms with E-state index < -0.39 is 0 Å². The Balaban J connectivity index is 1.35. The van der Waals surface area contributed by atoms with Gasteiger partial charge in [-0.3, -0.25) is 9.69 Å². The Hall–Kier alpha value is -0.940. The molecule has 1 aromatic rings. The van der Waals surface area contributed by atoms with E-state index in [-0.39, 0.29) is 5.91 Å². The number of carbonyl (C=O) groups excluding carboxylic acids is 1. The first-order valence-electron chi connectivity index (χ1n) is 9.13. The lowest BCUT2D eigenvalue weighted by molar-refractivity contribution is -0.116. The predicted molar refractivity (Wildman–Crippen MR) is 93.5 cm³/mol. The molecule has 1 heterocycles. The van der Waals surface area contributed by atoms with Gasteiger partial charge in [0, 0.05) is 31.4 Å². The van der Waals surface area contributed by atoms with Crippen LogP contribution in [0.2, 0.25) is 0 Å². The summed E-state index contributed by atoms with van der Waals surface area (Å²) < 4.78 is 0. The van der Waals surface area contributed by atoms with Crippen LogP contribution >= 0.6 is 11.3 Å². The van der Waals surface area contributed by atoms with E-state index in [1.165, 1.54) is 32.1 Å². The van der Waals surface area contributed by atoms with Crippen molar-refractivity contribution < 1.29 is 4.79 Å². The van der Waals surface area contributed by atoms with Gasteiger partial charge < -0.3 is 5.32 Å². The molecule has 0 radical (unpaired) electrons. The molecule has 3 saturated carbocycles. The van der Waals surface area contributed by atoms with Gasteiger partial charge in [-0.1, -0.05) is 6.42 Å². The maximum Gasteiger partial charge on any atom is 0.225 e. The molecule has 4 nitrogen and oxygen atoms in total. The third-order valence-corrected chi connectivity index (χ3v) is 7.35. The van der Waals surface area contributed by atoms with E-state index in [0.717, 1.165) is 41.0 Å². The predicted octanol–water partition coefficient (Wildman–Crippen LogP) is 3.43. The normalized spacial score (nSPS) is 34.8. The SMILES string of the molecule is CCN(C(C)=O)c1nc(CNC2CC3CC2C2CCCC32)cs1. The monoisotopic (exact) mass is 333 g/mol. The van der Waals surface area contributed by atoms with E-state index in [9.17, 15) is 4.79 Å². The minimum absolute atomic E-state index is 0.0711. The van der Waals surface area contributed by atoms with Crippen LogP contribution in [0.5, 0.6) is 0 Å². The van der Waals surface area contributed by atoms with E-state index >= 15 is 0 Å². The van der Waals surface area contributed by atoms with Crippen LogP contribution in [0.3, 0.4) is 0 Å². The Bertz CT molecular complexity index is 587. The van der Waals surface area contributed by atoms with Gasteiger partial charge in [0.1, 0.15) is 0 Å². The number of nitrogens with one attached hydrogen (secondary N) is 1. The summed E-state index contributed by atoms with van der Waals surface area (Å²) in [5.41, 5.74) is 1.08.